The summed E-state index contributed by atoms with van der Waals surface area (Å²) in [6, 6.07) is 6.44. The Balaban J connectivity index is 2.16. The highest BCUT2D eigenvalue weighted by Gasteiger charge is 2.18. The van der Waals surface area contributed by atoms with Crippen LogP contribution in [0.1, 0.15) is 34.1 Å². The Morgan fingerprint density at radius 2 is 1.86 bits per heavy atom. The largest absolute Gasteiger partial charge is 0.478 e. The number of halogens is 2. The van der Waals surface area contributed by atoms with Crippen LogP contribution in [0.25, 0.3) is 11.3 Å². The average molecular weight is 413 g/mol. The lowest BCUT2D eigenvalue weighted by atomic mass is 10.0. The molecule has 0 aliphatic rings. The van der Waals surface area contributed by atoms with E-state index in [1.807, 2.05) is 6.92 Å². The van der Waals surface area contributed by atoms with Crippen LogP contribution < -0.4 is 5.73 Å². The van der Waals surface area contributed by atoms with E-state index in [1.54, 1.807) is 18.3 Å². The molecular formula is C20H14Cl2N4O2. The second kappa shape index (κ2) is 8.26. The van der Waals surface area contributed by atoms with Gasteiger partial charge in [-0.15, -0.1) is 0 Å². The van der Waals surface area contributed by atoms with Crippen molar-refractivity contribution < 1.29 is 9.90 Å². The van der Waals surface area contributed by atoms with Crippen LogP contribution >= 0.6 is 23.2 Å². The number of aromatic carboxylic acids is 1. The molecule has 2 heterocycles. The lowest BCUT2D eigenvalue weighted by Crippen LogP contribution is -2.02. The van der Waals surface area contributed by atoms with E-state index in [0.717, 1.165) is 5.69 Å². The van der Waals surface area contributed by atoms with Gasteiger partial charge in [0.25, 0.3) is 0 Å². The first-order chi connectivity index (χ1) is 13.4. The van der Waals surface area contributed by atoms with Gasteiger partial charge in [-0.3, -0.25) is 0 Å². The summed E-state index contributed by atoms with van der Waals surface area (Å²) in [6.45, 7) is 1.95. The molecule has 0 saturated heterocycles. The normalized spacial score (nSPS) is 10.2. The van der Waals surface area contributed by atoms with Crippen LogP contribution in [-0.4, -0.2) is 26.0 Å². The number of anilines is 1. The molecule has 0 fully saturated rings. The van der Waals surface area contributed by atoms with Gasteiger partial charge in [-0.25, -0.2) is 19.7 Å². The van der Waals surface area contributed by atoms with Gasteiger partial charge in [-0.05, 0) is 30.7 Å². The first kappa shape index (κ1) is 19.6. The Morgan fingerprint density at radius 1 is 1.14 bits per heavy atom. The van der Waals surface area contributed by atoms with E-state index >= 15 is 0 Å². The molecule has 6 nitrogen and oxygen atoms in total. The summed E-state index contributed by atoms with van der Waals surface area (Å²) in [4.78, 5) is 23.9. The summed E-state index contributed by atoms with van der Waals surface area (Å²) in [5.74, 6) is 5.32. The number of nitrogen functional groups attached to an aromatic ring is 1. The fraction of sp³-hybridized carbons (Fsp3) is 0.100. The molecule has 28 heavy (non-hydrogen) atoms. The van der Waals surface area contributed by atoms with Crippen LogP contribution in [0.2, 0.25) is 10.0 Å². The van der Waals surface area contributed by atoms with Crippen LogP contribution in [0.3, 0.4) is 0 Å². The van der Waals surface area contributed by atoms with E-state index in [1.165, 1.54) is 18.5 Å². The molecule has 0 aliphatic heterocycles. The molecule has 0 radical (unpaired) electrons. The number of hydrogen-bond donors (Lipinski definition) is 2. The number of hydrogen-bond acceptors (Lipinski definition) is 5. The summed E-state index contributed by atoms with van der Waals surface area (Å²) in [7, 11) is 0. The molecule has 0 spiro atoms. The lowest BCUT2D eigenvalue weighted by Gasteiger charge is -2.10. The molecule has 3 rings (SSSR count). The lowest BCUT2D eigenvalue weighted by molar-refractivity contribution is 0.0697. The smallest absolute Gasteiger partial charge is 0.338 e. The number of rotatable bonds is 3. The van der Waals surface area contributed by atoms with Crippen molar-refractivity contribution in [3.63, 3.8) is 0 Å². The summed E-state index contributed by atoms with van der Waals surface area (Å²) >= 11 is 12.3. The molecule has 1 aromatic carbocycles. The molecule has 8 heteroatoms. The van der Waals surface area contributed by atoms with Crippen LogP contribution in [0.5, 0.6) is 0 Å². The van der Waals surface area contributed by atoms with Crippen LogP contribution in [0.15, 0.2) is 36.8 Å². The van der Waals surface area contributed by atoms with Crippen molar-refractivity contribution >= 4 is 35.0 Å². The Bertz CT molecular complexity index is 1100. The maximum absolute atomic E-state index is 11.3. The first-order valence-electron chi connectivity index (χ1n) is 8.20. The highest BCUT2D eigenvalue weighted by molar-refractivity contribution is 6.39. The molecular weight excluding hydrogens is 399 g/mol. The highest BCUT2D eigenvalue weighted by Crippen LogP contribution is 2.32. The fourth-order valence-electron chi connectivity index (χ4n) is 2.57. The monoisotopic (exact) mass is 412 g/mol. The molecule has 0 amide bonds. The van der Waals surface area contributed by atoms with Gasteiger partial charge in [0.1, 0.15) is 12.1 Å². The summed E-state index contributed by atoms with van der Waals surface area (Å²) in [5, 5.41) is 9.29. The number of aryl methyl sites for hydroxylation is 1. The number of carboxylic acids is 1. The molecule has 0 atom stereocenters. The summed E-state index contributed by atoms with van der Waals surface area (Å²) < 4.78 is 0. The second-order valence-electron chi connectivity index (χ2n) is 5.74. The molecule has 3 N–H and O–H groups in total. The number of aromatic nitrogens is 3. The molecule has 0 saturated carbocycles. The topological polar surface area (TPSA) is 102 Å². The maximum Gasteiger partial charge on any atom is 0.338 e. The van der Waals surface area contributed by atoms with Crippen molar-refractivity contribution in [3.8, 4) is 23.1 Å². The minimum absolute atomic E-state index is 0.0216. The third-order valence-corrected chi connectivity index (χ3v) is 4.50. The first-order valence-corrected chi connectivity index (χ1v) is 8.96. The fourth-order valence-corrected chi connectivity index (χ4v) is 3.22. The quantitative estimate of drug-likeness (QED) is 0.628. The van der Waals surface area contributed by atoms with Gasteiger partial charge in [0, 0.05) is 17.3 Å². The maximum atomic E-state index is 11.3. The Kier molecular flexibility index (Phi) is 5.78. The Labute approximate surface area is 171 Å². The SMILES string of the molecule is CCc1ncnc(-c2cc(Cl)c(C(=O)O)c(Cl)c2)c1C#Cc1ccc(N)nc1. The van der Waals surface area contributed by atoms with E-state index in [2.05, 4.69) is 26.8 Å². The number of carboxylic acid groups (broad SMARTS) is 1. The molecule has 0 unspecified atom stereocenters. The van der Waals surface area contributed by atoms with Crippen molar-refractivity contribution in [2.45, 2.75) is 13.3 Å². The van der Waals surface area contributed by atoms with Gasteiger partial charge in [-0.1, -0.05) is 42.0 Å². The zero-order valence-corrected chi connectivity index (χ0v) is 16.2. The average Bonchev–Trinajstić information content (AvgIpc) is 2.66. The van der Waals surface area contributed by atoms with Crippen molar-refractivity contribution in [2.75, 3.05) is 5.73 Å². The van der Waals surface area contributed by atoms with E-state index in [9.17, 15) is 9.90 Å². The zero-order chi connectivity index (χ0) is 20.3. The van der Waals surface area contributed by atoms with Crippen LogP contribution in [0.4, 0.5) is 5.82 Å². The summed E-state index contributed by atoms with van der Waals surface area (Å²) in [5.41, 5.74) is 8.55. The van der Waals surface area contributed by atoms with E-state index < -0.39 is 5.97 Å². The minimum Gasteiger partial charge on any atom is -0.478 e. The Morgan fingerprint density at radius 3 is 2.43 bits per heavy atom. The number of nitrogens with two attached hydrogens (primary N) is 1. The van der Waals surface area contributed by atoms with Gasteiger partial charge < -0.3 is 10.8 Å². The number of pyridine rings is 1. The second-order valence-corrected chi connectivity index (χ2v) is 6.55. The summed E-state index contributed by atoms with van der Waals surface area (Å²) in [6.07, 6.45) is 3.64. The Hall–Kier alpha value is -3.14. The predicted octanol–water partition coefficient (Wildman–Crippen LogP) is 4.09. The molecule has 2 aromatic heterocycles. The van der Waals surface area contributed by atoms with Crippen molar-refractivity contribution in [2.24, 2.45) is 0 Å². The van der Waals surface area contributed by atoms with Crippen LogP contribution in [0, 0.1) is 11.8 Å². The van der Waals surface area contributed by atoms with Gasteiger partial charge in [-0.2, -0.15) is 0 Å². The van der Waals surface area contributed by atoms with Gasteiger partial charge in [0.05, 0.1) is 32.6 Å². The number of nitrogens with zero attached hydrogens (tertiary/aromatic N) is 3. The minimum atomic E-state index is -1.20. The van der Waals surface area contributed by atoms with Crippen LogP contribution in [-0.2, 0) is 6.42 Å². The molecule has 0 bridgehead atoms. The number of benzene rings is 1. The van der Waals surface area contributed by atoms with E-state index in [-0.39, 0.29) is 15.6 Å². The standard InChI is InChI=1S/C20H14Cl2N4O2/c1-2-16-13(5-3-11-4-6-17(23)24-9-11)19(26-10-25-16)12-7-14(21)18(20(27)28)15(22)8-12/h4,6-10H,2H2,1H3,(H2,23,24)(H,27,28). The van der Waals surface area contributed by atoms with Crippen molar-refractivity contribution in [1.82, 2.24) is 15.0 Å². The van der Waals surface area contributed by atoms with Gasteiger partial charge in [0.15, 0.2) is 0 Å². The van der Waals surface area contributed by atoms with E-state index in [4.69, 9.17) is 28.9 Å². The zero-order valence-electron chi connectivity index (χ0n) is 14.7. The highest BCUT2D eigenvalue weighted by atomic mass is 35.5. The predicted molar refractivity (Wildman–Crippen MR) is 108 cm³/mol. The molecule has 0 aliphatic carbocycles. The van der Waals surface area contributed by atoms with Gasteiger partial charge in [0.2, 0.25) is 0 Å². The van der Waals surface area contributed by atoms with Crippen molar-refractivity contribution in [3.05, 3.63) is 69.2 Å². The van der Waals surface area contributed by atoms with Crippen molar-refractivity contribution in [1.29, 1.82) is 0 Å². The molecule has 3 aromatic rings. The third kappa shape index (κ3) is 4.06. The van der Waals surface area contributed by atoms with Gasteiger partial charge >= 0.3 is 5.97 Å². The number of carbonyl (C=O) groups is 1. The third-order valence-electron chi connectivity index (χ3n) is 3.91. The molecule has 140 valence electrons. The van der Waals surface area contributed by atoms with E-state index in [0.29, 0.717) is 34.6 Å².